The third-order valence-electron chi connectivity index (χ3n) is 20.4. The van der Waals surface area contributed by atoms with Crippen LogP contribution in [0.4, 0.5) is 5.82 Å². The maximum atomic E-state index is 13.9. The van der Waals surface area contributed by atoms with Crippen molar-refractivity contribution in [1.29, 1.82) is 0 Å². The van der Waals surface area contributed by atoms with Gasteiger partial charge in [-0.3, -0.25) is 59.2 Å². The number of amides is 1. The molecule has 1 amide bonds. The molecule has 2 aromatic heterocycles. The van der Waals surface area contributed by atoms with Crippen molar-refractivity contribution in [2.24, 2.45) is 23.2 Å². The normalized spacial score (nSPS) is 29.1. The van der Waals surface area contributed by atoms with E-state index in [9.17, 15) is 113 Å². The molecule has 0 radical (unpaired) electrons. The maximum Gasteiger partial charge on any atom is 0.474 e. The van der Waals surface area contributed by atoms with Crippen LogP contribution in [0, 0.1) is 23.2 Å². The number of rotatable bonds is 69. The molecule has 4 saturated heterocycles. The van der Waals surface area contributed by atoms with E-state index < -0.39 is 279 Å². The fourth-order valence-electron chi connectivity index (χ4n) is 12.9. The van der Waals surface area contributed by atoms with Crippen LogP contribution in [0.5, 0.6) is 0 Å². The highest BCUT2D eigenvalue weighted by molar-refractivity contribution is 7.53. The van der Waals surface area contributed by atoms with Crippen LogP contribution >= 0.6 is 46.7 Å². The summed E-state index contributed by atoms with van der Waals surface area (Å²) in [5.41, 5.74) is 3.75. The number of fused-ring (bicyclic) bond motifs is 1. The number of hydrogen-bond acceptors (Lipinski definition) is 43. The molecule has 0 aromatic carbocycles. The molecule has 127 heavy (non-hydrogen) atoms. The number of aromatic nitrogens is 4. The molecule has 742 valence electrons. The Kier molecular flexibility index (Phi) is 50.9. The van der Waals surface area contributed by atoms with Crippen molar-refractivity contribution in [1.82, 2.24) is 24.8 Å². The smallest absolute Gasteiger partial charge is 0.396 e. The summed E-state index contributed by atoms with van der Waals surface area (Å²) >= 11 is 0. The SMILES string of the molecule is CC(=O)NC1[C@H](OCCCCCCOP(=O)(O)OCCCOCC(COCCCOP(=O)(O)OCCCCCCO[C@@H]2OC(CO)[C@H](O)[C@H](O)C2C)(COCOP(=O)(O)OCCCCCCO[C@@H]2OC(CO)[C@H](O)[C@H](O)C2C)COP(=O)(O)OCC(CO)COCOP(=O)(O)O[C@H]2C[C@H](n3cnc4c(N)ncnc43)O[C@@H]2COP(=O)(O)C(C)C)OC(CO)[C@H](O)[C@@H]1O. The monoisotopic (exact) mass is 1960 g/mol. The number of hydrogen-bond donors (Lipinski definition) is 18. The summed E-state index contributed by atoms with van der Waals surface area (Å²) in [5, 5.41) is 103. The summed E-state index contributed by atoms with van der Waals surface area (Å²) in [6.07, 6.45) is -10.3. The zero-order valence-corrected chi connectivity index (χ0v) is 77.0. The Labute approximate surface area is 734 Å². The first kappa shape index (κ1) is 113. The van der Waals surface area contributed by atoms with Crippen LogP contribution in [-0.2, 0) is 134 Å². The number of aliphatic hydroxyl groups is 10. The molecule has 26 atom stereocenters. The number of aliphatic hydroxyl groups excluding tert-OH is 10. The number of carbonyl (C=O) groups excluding carboxylic acids is 1. The average molecular weight is 1960 g/mol. The predicted octanol–water partition coefficient (Wildman–Crippen LogP) is 1.52. The lowest BCUT2D eigenvalue weighted by Crippen LogP contribution is -2.64. The number of nitrogens with two attached hydrogens (primary N) is 1. The quantitative estimate of drug-likeness (QED) is 0.0254. The van der Waals surface area contributed by atoms with Crippen molar-refractivity contribution >= 4 is 69.6 Å². The fourth-order valence-corrected chi connectivity index (χ4v) is 17.5. The first-order valence-corrected chi connectivity index (χ1v) is 50.8. The molecule has 6 rings (SSSR count). The van der Waals surface area contributed by atoms with E-state index in [1.54, 1.807) is 13.8 Å². The van der Waals surface area contributed by atoms with Gasteiger partial charge >= 0.3 is 46.7 Å². The zero-order chi connectivity index (χ0) is 93.6. The third kappa shape index (κ3) is 40.1. The number of phosphoric ester groups is 5. The minimum Gasteiger partial charge on any atom is -0.396 e. The molecular weight excluding hydrogens is 1830 g/mol. The second kappa shape index (κ2) is 57.0. The number of nitrogens with zero attached hydrogens (tertiary/aromatic N) is 4. The van der Waals surface area contributed by atoms with Gasteiger partial charge in [0, 0.05) is 64.1 Å². The minimum absolute atomic E-state index is 0.0406. The standard InChI is InChI=1S/C70H132N6O45P6/c1-46(2)122(88,89)112-37-55-51(30-56(117-55)76-43-74-58-65(71)72-42-73-66(58)76)121-127(98,99)116-44-102-35-50(31-77)36-113-126(96,97)114-41-70(40-103-45-115-125(94,95)109-27-17-10-7-13-23-105-68-48(4)60(83)62(85)53(33-79)119-68,38-100-20-18-28-110-123(90,91)107-25-15-9-6-12-22-104-67-47(3)59(82)61(84)52(32-78)118-67)39-101-21-19-29-111-124(92,93)108-26-16-11-8-14-24-106-69-57(75-49(5)81)64(87)63(86)54(34-80)120-69/h42-43,46-48,50-57,59-64,67-69,77-80,82-87H,6-41,44-45H2,1-5H3,(H,75,81)(H,88,89)(H,90,91)(H,92,93)(H,94,95)(H,96,97)(H,98,99)(H2,71,72,73)/t47?,48?,50?,51-,52?,53?,54?,55+,56+,57?,59+,60+,61-,62-,63-,64+,67+,68+,69+,70?/m0/s1. The molecule has 2 aromatic rings. The largest absolute Gasteiger partial charge is 0.474 e. The Balaban J connectivity index is 1.06. The zero-order valence-electron chi connectivity index (χ0n) is 71.6. The number of phosphoric acid groups is 5. The van der Waals surface area contributed by atoms with E-state index in [4.69, 9.17) is 108 Å². The first-order chi connectivity index (χ1) is 60.1. The highest BCUT2D eigenvalue weighted by Gasteiger charge is 2.49. The second-order valence-electron chi connectivity index (χ2n) is 31.1. The van der Waals surface area contributed by atoms with Crippen LogP contribution in [0.2, 0.25) is 0 Å². The van der Waals surface area contributed by atoms with Gasteiger partial charge in [0.1, 0.15) is 79.0 Å². The van der Waals surface area contributed by atoms with Crippen LogP contribution < -0.4 is 11.1 Å². The number of nitrogens with one attached hydrogen (secondary N) is 1. The van der Waals surface area contributed by atoms with Crippen molar-refractivity contribution in [3.8, 4) is 0 Å². The van der Waals surface area contributed by atoms with E-state index in [1.165, 1.54) is 38.0 Å². The minimum atomic E-state index is -5.30. The first-order valence-electron chi connectivity index (χ1n) is 41.7. The fraction of sp³-hybridized carbons (Fsp3) is 0.914. The summed E-state index contributed by atoms with van der Waals surface area (Å²) < 4.78 is 201. The van der Waals surface area contributed by atoms with Crippen LogP contribution in [0.25, 0.3) is 11.2 Å². The molecule has 0 saturated carbocycles. The van der Waals surface area contributed by atoms with Gasteiger partial charge in [-0.2, -0.15) is 0 Å². The Morgan fingerprint density at radius 3 is 1.40 bits per heavy atom. The molecule has 0 aliphatic carbocycles. The van der Waals surface area contributed by atoms with E-state index in [2.05, 4.69) is 20.3 Å². The molecule has 0 spiro atoms. The van der Waals surface area contributed by atoms with Crippen molar-refractivity contribution in [2.45, 2.75) is 235 Å². The van der Waals surface area contributed by atoms with Crippen LogP contribution in [0.1, 0.15) is 137 Å². The van der Waals surface area contributed by atoms with Crippen molar-refractivity contribution < 1.29 is 214 Å². The third-order valence-corrected chi connectivity index (χ3v) is 27.1. The summed E-state index contributed by atoms with van der Waals surface area (Å²) in [7, 11) is -28.9. The van der Waals surface area contributed by atoms with Crippen LogP contribution in [0.3, 0.4) is 0 Å². The highest BCUT2D eigenvalue weighted by atomic mass is 31.2. The number of unbranched alkanes of at least 4 members (excludes halogenated alkanes) is 9. The van der Waals surface area contributed by atoms with Gasteiger partial charge in [0.15, 0.2) is 43.9 Å². The molecule has 0 bridgehead atoms. The Morgan fingerprint density at radius 2 is 0.921 bits per heavy atom. The number of nitrogen functional groups attached to an aromatic ring is 1. The summed E-state index contributed by atoms with van der Waals surface area (Å²) in [6, 6.07) is -1.14. The molecule has 51 nitrogen and oxygen atoms in total. The second-order valence-corrected chi connectivity index (χ2v) is 40.8. The number of anilines is 1. The highest BCUT2D eigenvalue weighted by Crippen LogP contribution is 2.53. The lowest BCUT2D eigenvalue weighted by Gasteiger charge is -2.42. The van der Waals surface area contributed by atoms with Crippen molar-refractivity contribution in [3.63, 3.8) is 0 Å². The van der Waals surface area contributed by atoms with E-state index in [1.807, 2.05) is 0 Å². The van der Waals surface area contributed by atoms with Crippen molar-refractivity contribution in [3.05, 3.63) is 12.7 Å². The van der Waals surface area contributed by atoms with Crippen LogP contribution in [0.15, 0.2) is 12.7 Å². The Bertz CT molecular complexity index is 3740. The summed E-state index contributed by atoms with van der Waals surface area (Å²) in [4.78, 5) is 88.4. The molecule has 4 aliphatic heterocycles. The van der Waals surface area contributed by atoms with Gasteiger partial charge in [0.05, 0.1) is 135 Å². The number of ether oxygens (including phenoxy) is 11. The summed E-state index contributed by atoms with van der Waals surface area (Å²) in [5.74, 6) is -2.87. The molecule has 19 N–H and O–H groups in total. The lowest BCUT2D eigenvalue weighted by atomic mass is 9.92. The van der Waals surface area contributed by atoms with Crippen LogP contribution in [-0.4, -0.2) is 356 Å². The van der Waals surface area contributed by atoms with Gasteiger partial charge in [0.2, 0.25) is 5.91 Å². The number of imidazole rings is 1. The number of carbonyl (C=O) groups is 1. The topological polar surface area (TPSA) is 728 Å². The van der Waals surface area contributed by atoms with Gasteiger partial charge in [-0.25, -0.2) is 37.8 Å². The van der Waals surface area contributed by atoms with E-state index in [0.717, 1.165) is 0 Å². The van der Waals surface area contributed by atoms with Crippen molar-refractivity contribution in [2.75, 3.05) is 158 Å². The lowest BCUT2D eigenvalue weighted by molar-refractivity contribution is -0.282. The molecule has 4 aliphatic rings. The molecule has 6 heterocycles. The van der Waals surface area contributed by atoms with Gasteiger partial charge in [-0.1, -0.05) is 66.2 Å². The summed E-state index contributed by atoms with van der Waals surface area (Å²) in [6.45, 7) is -3.60. The Hall–Kier alpha value is -2.32. The average Bonchev–Trinajstić information content (AvgIpc) is 1.62. The van der Waals surface area contributed by atoms with Gasteiger partial charge < -0.3 is 148 Å². The van der Waals surface area contributed by atoms with Gasteiger partial charge in [-0.15, -0.1) is 0 Å². The van der Waals surface area contributed by atoms with Gasteiger partial charge in [-0.05, 0) is 51.4 Å². The van der Waals surface area contributed by atoms with E-state index >= 15 is 0 Å². The Morgan fingerprint density at radius 1 is 0.488 bits per heavy atom. The molecular formula is C70H132N6O45P6. The predicted molar refractivity (Wildman–Crippen MR) is 435 cm³/mol. The maximum absolute atomic E-state index is 13.9. The molecule has 4 fully saturated rings. The molecule has 57 heteroatoms. The van der Waals surface area contributed by atoms with E-state index in [-0.39, 0.29) is 102 Å². The molecule has 14 unspecified atom stereocenters. The van der Waals surface area contributed by atoms with Gasteiger partial charge in [0.25, 0.3) is 0 Å². The van der Waals surface area contributed by atoms with E-state index in [0.29, 0.717) is 64.2 Å².